The van der Waals surface area contributed by atoms with Crippen LogP contribution in [0.5, 0.6) is 0 Å². The summed E-state index contributed by atoms with van der Waals surface area (Å²) in [6.07, 6.45) is 7.03. The number of aliphatic hydroxyl groups excluding tert-OH is 1. The molecule has 2 atom stereocenters. The Labute approximate surface area is 129 Å². The highest BCUT2D eigenvalue weighted by molar-refractivity contribution is 6.28. The zero-order valence-electron chi connectivity index (χ0n) is 11.2. The third-order valence-electron chi connectivity index (χ3n) is 3.79. The number of fused-ring (bicyclic) bond motifs is 1. The fourth-order valence-electron chi connectivity index (χ4n) is 2.71. The summed E-state index contributed by atoms with van der Waals surface area (Å²) in [5, 5.41) is 13.5. The summed E-state index contributed by atoms with van der Waals surface area (Å²) in [6.45, 7) is 1.81. The Morgan fingerprint density at radius 3 is 3.10 bits per heavy atom. The smallest absolute Gasteiger partial charge is 0.224 e. The van der Waals surface area contributed by atoms with Gasteiger partial charge in [-0.1, -0.05) is 7.43 Å². The maximum atomic E-state index is 9.91. The Hall–Kier alpha value is -1.24. The Bertz CT molecular complexity index is 588. The molecule has 3 heterocycles. The van der Waals surface area contributed by atoms with E-state index in [1.54, 1.807) is 12.5 Å². The van der Waals surface area contributed by atoms with Crippen molar-refractivity contribution in [3.05, 3.63) is 17.8 Å². The predicted octanol–water partition coefficient (Wildman–Crippen LogP) is 2.01. The van der Waals surface area contributed by atoms with Gasteiger partial charge in [0.25, 0.3) is 0 Å². The lowest BCUT2D eigenvalue weighted by molar-refractivity contribution is 0.0909. The molecule has 116 valence electrons. The number of nitrogens with one attached hydrogen (secondary N) is 1. The van der Waals surface area contributed by atoms with E-state index in [1.807, 2.05) is 4.57 Å². The molecule has 1 fully saturated rings. The number of hydrogen-bond donors (Lipinski definition) is 2. The summed E-state index contributed by atoms with van der Waals surface area (Å²) in [5.41, 5.74) is 1.52. The van der Waals surface area contributed by atoms with Crippen molar-refractivity contribution < 1.29 is 5.11 Å². The fourth-order valence-corrected chi connectivity index (χ4v) is 2.84. The highest BCUT2D eigenvalue weighted by Crippen LogP contribution is 2.15. The van der Waals surface area contributed by atoms with E-state index in [4.69, 9.17) is 11.6 Å². The molecule has 21 heavy (non-hydrogen) atoms. The summed E-state index contributed by atoms with van der Waals surface area (Å²) in [7, 11) is 0. The molecule has 0 radical (unpaired) electrons. The van der Waals surface area contributed by atoms with Crippen molar-refractivity contribution in [2.24, 2.45) is 0 Å². The van der Waals surface area contributed by atoms with Gasteiger partial charge in [-0.2, -0.15) is 4.98 Å². The lowest BCUT2D eigenvalue weighted by Gasteiger charge is -2.28. The summed E-state index contributed by atoms with van der Waals surface area (Å²) in [4.78, 5) is 12.4. The van der Waals surface area contributed by atoms with E-state index < -0.39 is 0 Å². The Morgan fingerprint density at radius 1 is 1.43 bits per heavy atom. The minimum Gasteiger partial charge on any atom is -0.392 e. The topological polar surface area (TPSA) is 75.9 Å². The van der Waals surface area contributed by atoms with Crippen LogP contribution in [-0.4, -0.2) is 43.3 Å². The molecule has 0 aliphatic carbocycles. The predicted molar refractivity (Wildman–Crippen MR) is 83.3 cm³/mol. The SMILES string of the molecule is C.O[C@H]1CCCN[C@@H]1CCCn1cnc2cnc(Cl)nc21. The molecule has 0 unspecified atom stereocenters. The molecule has 1 aliphatic heterocycles. The molecule has 0 amide bonds. The van der Waals surface area contributed by atoms with E-state index >= 15 is 0 Å². The molecule has 3 rings (SSSR count). The summed E-state index contributed by atoms with van der Waals surface area (Å²) in [6, 6.07) is 0.205. The van der Waals surface area contributed by atoms with Crippen LogP contribution in [0.2, 0.25) is 5.28 Å². The van der Waals surface area contributed by atoms with Crippen LogP contribution in [0.3, 0.4) is 0 Å². The lowest BCUT2D eigenvalue weighted by atomic mass is 9.97. The number of imidazole rings is 1. The highest BCUT2D eigenvalue weighted by Gasteiger charge is 2.21. The minimum atomic E-state index is -0.222. The monoisotopic (exact) mass is 311 g/mol. The first-order valence-electron chi connectivity index (χ1n) is 6.99. The Kier molecular flexibility index (Phi) is 5.50. The van der Waals surface area contributed by atoms with Crippen molar-refractivity contribution in [3.8, 4) is 0 Å². The van der Waals surface area contributed by atoms with Crippen molar-refractivity contribution in [1.82, 2.24) is 24.8 Å². The Balaban J connectivity index is 0.00000161. The third kappa shape index (κ3) is 3.70. The average molecular weight is 312 g/mol. The van der Waals surface area contributed by atoms with Crippen molar-refractivity contribution in [2.75, 3.05) is 6.54 Å². The number of nitrogens with zero attached hydrogens (tertiary/aromatic N) is 4. The quantitative estimate of drug-likeness (QED) is 0.845. The molecule has 7 heteroatoms. The lowest BCUT2D eigenvalue weighted by Crippen LogP contribution is -2.44. The van der Waals surface area contributed by atoms with E-state index in [1.165, 1.54) is 0 Å². The number of aromatic nitrogens is 4. The third-order valence-corrected chi connectivity index (χ3v) is 3.97. The second kappa shape index (κ2) is 7.15. The first kappa shape index (κ1) is 16.1. The van der Waals surface area contributed by atoms with Gasteiger partial charge >= 0.3 is 0 Å². The fraction of sp³-hybridized carbons (Fsp3) is 0.643. The molecule has 1 saturated heterocycles. The van der Waals surface area contributed by atoms with Gasteiger partial charge in [0.05, 0.1) is 18.6 Å². The average Bonchev–Trinajstić information content (AvgIpc) is 2.83. The van der Waals surface area contributed by atoms with Crippen LogP contribution in [0.1, 0.15) is 33.1 Å². The highest BCUT2D eigenvalue weighted by atomic mass is 35.5. The van der Waals surface area contributed by atoms with Crippen molar-refractivity contribution in [3.63, 3.8) is 0 Å². The molecule has 6 nitrogen and oxygen atoms in total. The van der Waals surface area contributed by atoms with E-state index in [2.05, 4.69) is 20.3 Å². The van der Waals surface area contributed by atoms with Gasteiger partial charge in [0, 0.05) is 12.6 Å². The second-order valence-electron chi connectivity index (χ2n) is 5.20. The van der Waals surface area contributed by atoms with Crippen LogP contribution in [0.25, 0.3) is 11.2 Å². The number of piperidine rings is 1. The largest absolute Gasteiger partial charge is 0.392 e. The second-order valence-corrected chi connectivity index (χ2v) is 5.54. The zero-order valence-corrected chi connectivity index (χ0v) is 11.9. The first-order chi connectivity index (χ1) is 9.74. The maximum absolute atomic E-state index is 9.91. The molecule has 2 aromatic heterocycles. The number of halogens is 1. The van der Waals surface area contributed by atoms with Gasteiger partial charge < -0.3 is 15.0 Å². The summed E-state index contributed by atoms with van der Waals surface area (Å²) < 4.78 is 1.98. The molecule has 0 spiro atoms. The Morgan fingerprint density at radius 2 is 2.29 bits per heavy atom. The van der Waals surface area contributed by atoms with Crippen LogP contribution in [0.15, 0.2) is 12.5 Å². The minimum absolute atomic E-state index is 0. The molecular weight excluding hydrogens is 290 g/mol. The summed E-state index contributed by atoms with van der Waals surface area (Å²) in [5.74, 6) is 0. The van der Waals surface area contributed by atoms with Crippen molar-refractivity contribution in [2.45, 2.75) is 51.8 Å². The van der Waals surface area contributed by atoms with Crippen molar-refractivity contribution >= 4 is 22.8 Å². The molecule has 0 aromatic carbocycles. The van der Waals surface area contributed by atoms with E-state index in [0.29, 0.717) is 0 Å². The van der Waals surface area contributed by atoms with E-state index in [-0.39, 0.29) is 24.9 Å². The van der Waals surface area contributed by atoms with Crippen molar-refractivity contribution in [1.29, 1.82) is 0 Å². The van der Waals surface area contributed by atoms with Crippen LogP contribution < -0.4 is 5.32 Å². The van der Waals surface area contributed by atoms with Gasteiger partial charge in [-0.3, -0.25) is 0 Å². The normalized spacial score (nSPS) is 22.2. The molecule has 0 bridgehead atoms. The molecule has 1 aliphatic rings. The standard InChI is InChI=1S/C13H18ClN5O.CH4/c14-13-16-7-10-12(18-13)19(8-17-10)6-2-3-9-11(20)4-1-5-15-9;/h7-9,11,15,20H,1-6H2;1H4/t9-,11+;/m1./s1. The van der Waals surface area contributed by atoms with Crippen LogP contribution in [-0.2, 0) is 6.54 Å². The number of rotatable bonds is 4. The van der Waals surface area contributed by atoms with Gasteiger partial charge in [-0.05, 0) is 43.8 Å². The number of aryl methyl sites for hydroxylation is 1. The maximum Gasteiger partial charge on any atom is 0.224 e. The molecule has 0 saturated carbocycles. The van der Waals surface area contributed by atoms with Crippen LogP contribution >= 0.6 is 11.6 Å². The van der Waals surface area contributed by atoms with Crippen LogP contribution in [0.4, 0.5) is 0 Å². The van der Waals surface area contributed by atoms with Gasteiger partial charge in [0.2, 0.25) is 5.28 Å². The van der Waals surface area contributed by atoms with Gasteiger partial charge in [-0.15, -0.1) is 0 Å². The van der Waals surface area contributed by atoms with E-state index in [0.717, 1.165) is 49.9 Å². The van der Waals surface area contributed by atoms with Crippen LogP contribution in [0, 0.1) is 0 Å². The van der Waals surface area contributed by atoms with Gasteiger partial charge in [0.15, 0.2) is 5.65 Å². The van der Waals surface area contributed by atoms with E-state index in [9.17, 15) is 5.11 Å². The molecule has 2 aromatic rings. The summed E-state index contributed by atoms with van der Waals surface area (Å²) >= 11 is 5.82. The number of hydrogen-bond acceptors (Lipinski definition) is 5. The number of aliphatic hydroxyl groups is 1. The molecular formula is C14H22ClN5O. The molecule has 2 N–H and O–H groups in total. The van der Waals surface area contributed by atoms with Gasteiger partial charge in [-0.25, -0.2) is 9.97 Å². The zero-order chi connectivity index (χ0) is 13.9. The first-order valence-corrected chi connectivity index (χ1v) is 7.36. The van der Waals surface area contributed by atoms with Gasteiger partial charge in [0.1, 0.15) is 5.52 Å².